The number of hydrogen-bond donors (Lipinski definition) is 0. The van der Waals surface area contributed by atoms with Crippen LogP contribution >= 0.6 is 17.2 Å². The van der Waals surface area contributed by atoms with Gasteiger partial charge in [-0.2, -0.15) is 0 Å². The Morgan fingerprint density at radius 2 is 1.24 bits per heavy atom. The normalized spacial score (nSPS) is 15.8. The lowest BCUT2D eigenvalue weighted by atomic mass is 10.2. The zero-order chi connectivity index (χ0) is 17.9. The fourth-order valence-electron chi connectivity index (χ4n) is 3.14. The third-order valence-electron chi connectivity index (χ3n) is 4.46. The molecule has 25 heavy (non-hydrogen) atoms. The number of aromatic nitrogens is 2. The summed E-state index contributed by atoms with van der Waals surface area (Å²) >= 11 is 0. The van der Waals surface area contributed by atoms with Crippen molar-refractivity contribution < 1.29 is 0 Å². The Morgan fingerprint density at radius 3 is 1.56 bits per heavy atom. The molecule has 4 atom stereocenters. The Bertz CT molecular complexity index is 525. The van der Waals surface area contributed by atoms with Gasteiger partial charge in [0.2, 0.25) is 0 Å². The summed E-state index contributed by atoms with van der Waals surface area (Å²) in [6, 6.07) is 12.7. The Hall–Kier alpha value is -0.840. The molecule has 0 aliphatic rings. The van der Waals surface area contributed by atoms with Crippen LogP contribution in [0, 0.1) is 0 Å². The van der Waals surface area contributed by atoms with Gasteiger partial charge in [-0.3, -0.25) is 9.97 Å². The molecule has 0 spiro atoms. The first-order valence-electron chi connectivity index (χ1n) is 9.62. The molecule has 0 aromatic carbocycles. The zero-order valence-electron chi connectivity index (χ0n) is 15.8. The van der Waals surface area contributed by atoms with Crippen LogP contribution in [0.1, 0.15) is 75.6 Å². The standard InChI is InChI=1S/C21H32N2P2/c1-4-11-19(17-13-7-9-15-22-17)24-21(6-3)25-20(12-5-2)18-14-8-10-16-23-18/h7-10,13-16,19-21,24-25H,4-6,11-12H2,1-3H3. The maximum Gasteiger partial charge on any atom is 0.0474 e. The lowest BCUT2D eigenvalue weighted by molar-refractivity contribution is 0.744. The monoisotopic (exact) mass is 374 g/mol. The highest BCUT2D eigenvalue weighted by Crippen LogP contribution is 2.54. The van der Waals surface area contributed by atoms with E-state index in [0.29, 0.717) is 11.3 Å². The van der Waals surface area contributed by atoms with E-state index in [9.17, 15) is 0 Å². The molecule has 4 heteroatoms. The predicted molar refractivity (Wildman–Crippen MR) is 114 cm³/mol. The van der Waals surface area contributed by atoms with Gasteiger partial charge in [0.15, 0.2) is 0 Å². The highest BCUT2D eigenvalue weighted by Gasteiger charge is 2.22. The van der Waals surface area contributed by atoms with Crippen LogP contribution in [0.15, 0.2) is 48.8 Å². The highest BCUT2D eigenvalue weighted by molar-refractivity contribution is 7.58. The molecule has 2 aromatic rings. The van der Waals surface area contributed by atoms with Crippen LogP contribution in [0.3, 0.4) is 0 Å². The van der Waals surface area contributed by atoms with Gasteiger partial charge < -0.3 is 0 Å². The molecule has 0 aliphatic heterocycles. The van der Waals surface area contributed by atoms with E-state index in [4.69, 9.17) is 0 Å². The number of nitrogens with zero attached hydrogens (tertiary/aromatic N) is 2. The molecule has 0 aliphatic carbocycles. The quantitative estimate of drug-likeness (QED) is 0.398. The van der Waals surface area contributed by atoms with E-state index in [1.54, 1.807) is 0 Å². The van der Waals surface area contributed by atoms with Crippen LogP contribution < -0.4 is 0 Å². The van der Waals surface area contributed by atoms with Crippen molar-refractivity contribution in [3.05, 3.63) is 60.2 Å². The lowest BCUT2D eigenvalue weighted by Gasteiger charge is -2.26. The topological polar surface area (TPSA) is 25.8 Å². The summed E-state index contributed by atoms with van der Waals surface area (Å²) in [7, 11) is 1.93. The SMILES string of the molecule is CCCC(PC(CC)PC(CCC)c1ccccn1)c1ccccn1. The van der Waals surface area contributed by atoms with Gasteiger partial charge in [0.25, 0.3) is 0 Å². The largest absolute Gasteiger partial charge is 0.261 e. The molecule has 4 unspecified atom stereocenters. The number of rotatable bonds is 11. The third kappa shape index (κ3) is 6.76. The highest BCUT2D eigenvalue weighted by atomic mass is 31.1. The van der Waals surface area contributed by atoms with Crippen molar-refractivity contribution in [2.45, 2.75) is 69.6 Å². The summed E-state index contributed by atoms with van der Waals surface area (Å²) in [6.45, 7) is 6.93. The van der Waals surface area contributed by atoms with Crippen molar-refractivity contribution in [1.29, 1.82) is 0 Å². The minimum atomic E-state index is 0.620. The molecule has 136 valence electrons. The maximum atomic E-state index is 4.66. The first-order chi connectivity index (χ1) is 12.3. The second kappa shape index (κ2) is 11.7. The molecule has 2 aromatic heterocycles. The Labute approximate surface area is 157 Å². The first kappa shape index (κ1) is 20.5. The summed E-state index contributed by atoms with van der Waals surface area (Å²) in [5, 5.41) is 0.789. The van der Waals surface area contributed by atoms with E-state index in [1.165, 1.54) is 43.5 Å². The van der Waals surface area contributed by atoms with E-state index < -0.39 is 0 Å². The zero-order valence-corrected chi connectivity index (χ0v) is 17.8. The summed E-state index contributed by atoms with van der Waals surface area (Å²) in [4.78, 5) is 9.31. The fourth-order valence-corrected chi connectivity index (χ4v) is 7.77. The van der Waals surface area contributed by atoms with Crippen molar-refractivity contribution >= 4 is 17.2 Å². The van der Waals surface area contributed by atoms with Gasteiger partial charge in [0.05, 0.1) is 0 Å². The average Bonchev–Trinajstić information content (AvgIpc) is 2.67. The van der Waals surface area contributed by atoms with Crippen molar-refractivity contribution in [1.82, 2.24) is 9.97 Å². The molecule has 0 N–H and O–H groups in total. The minimum absolute atomic E-state index is 0.620. The number of hydrogen-bond acceptors (Lipinski definition) is 2. The van der Waals surface area contributed by atoms with Crippen molar-refractivity contribution in [2.24, 2.45) is 0 Å². The first-order valence-corrected chi connectivity index (χ1v) is 11.9. The van der Waals surface area contributed by atoms with Crippen LogP contribution in [-0.2, 0) is 0 Å². The smallest absolute Gasteiger partial charge is 0.0474 e. The molecule has 0 bridgehead atoms. The van der Waals surface area contributed by atoms with Crippen molar-refractivity contribution in [2.75, 3.05) is 0 Å². The van der Waals surface area contributed by atoms with Gasteiger partial charge in [-0.15, -0.1) is 17.2 Å². The molecule has 0 radical (unpaired) electrons. The lowest BCUT2D eigenvalue weighted by Crippen LogP contribution is -2.04. The Morgan fingerprint density at radius 1 is 0.760 bits per heavy atom. The molecular formula is C21H32N2P2. The second-order valence-corrected chi connectivity index (χ2v) is 10.5. The predicted octanol–water partition coefficient (Wildman–Crippen LogP) is 6.95. The Balaban J connectivity index is 2.08. The van der Waals surface area contributed by atoms with E-state index in [1.807, 2.05) is 24.5 Å². The summed E-state index contributed by atoms with van der Waals surface area (Å²) < 4.78 is 0. The molecule has 0 saturated carbocycles. The van der Waals surface area contributed by atoms with Crippen LogP contribution in [0.5, 0.6) is 0 Å². The van der Waals surface area contributed by atoms with Crippen LogP contribution in [0.4, 0.5) is 0 Å². The molecule has 2 rings (SSSR count). The van der Waals surface area contributed by atoms with Gasteiger partial charge >= 0.3 is 0 Å². The molecule has 0 amide bonds. The summed E-state index contributed by atoms with van der Waals surface area (Å²) in [6.07, 6.45) is 10.1. The van der Waals surface area contributed by atoms with Gasteiger partial charge in [0.1, 0.15) is 0 Å². The maximum absolute atomic E-state index is 4.66. The van der Waals surface area contributed by atoms with E-state index in [2.05, 4.69) is 55.0 Å². The molecule has 2 heterocycles. The minimum Gasteiger partial charge on any atom is -0.261 e. The van der Waals surface area contributed by atoms with Crippen molar-refractivity contribution in [3.63, 3.8) is 0 Å². The molecular weight excluding hydrogens is 342 g/mol. The van der Waals surface area contributed by atoms with E-state index in [0.717, 1.165) is 22.6 Å². The van der Waals surface area contributed by atoms with Crippen LogP contribution in [-0.4, -0.2) is 15.4 Å². The summed E-state index contributed by atoms with van der Waals surface area (Å²) in [5.41, 5.74) is 3.82. The average molecular weight is 374 g/mol. The molecule has 0 saturated heterocycles. The van der Waals surface area contributed by atoms with Gasteiger partial charge in [0, 0.05) is 35.1 Å². The molecule has 0 fully saturated rings. The van der Waals surface area contributed by atoms with Crippen LogP contribution in [0.25, 0.3) is 0 Å². The van der Waals surface area contributed by atoms with Gasteiger partial charge in [-0.1, -0.05) is 45.7 Å². The number of pyridine rings is 2. The Kier molecular flexibility index (Phi) is 9.59. The second-order valence-electron chi connectivity index (χ2n) is 6.49. The van der Waals surface area contributed by atoms with E-state index in [-0.39, 0.29) is 0 Å². The molecule has 2 nitrogen and oxygen atoms in total. The fraction of sp³-hybridized carbons (Fsp3) is 0.524. The van der Waals surface area contributed by atoms with Crippen LogP contribution in [0.2, 0.25) is 0 Å². The third-order valence-corrected chi connectivity index (χ3v) is 9.05. The van der Waals surface area contributed by atoms with Gasteiger partial charge in [-0.05, 0) is 48.9 Å². The van der Waals surface area contributed by atoms with E-state index >= 15 is 0 Å². The summed E-state index contributed by atoms with van der Waals surface area (Å²) in [5.74, 6) is 0. The van der Waals surface area contributed by atoms with Gasteiger partial charge in [-0.25, -0.2) is 0 Å². The van der Waals surface area contributed by atoms with Crippen molar-refractivity contribution in [3.8, 4) is 0 Å².